The number of aryl methyl sites for hydroxylation is 1. The average molecular weight is 462 g/mol. The van der Waals surface area contributed by atoms with E-state index >= 15 is 0 Å². The van der Waals surface area contributed by atoms with Crippen LogP contribution in [0.25, 0.3) is 0 Å². The first-order chi connectivity index (χ1) is 15.8. The highest BCUT2D eigenvalue weighted by Crippen LogP contribution is 2.16. The summed E-state index contributed by atoms with van der Waals surface area (Å²) in [6.45, 7) is 1.76. The fourth-order valence-corrected chi connectivity index (χ4v) is 3.13. The molecule has 11 heteroatoms. The summed E-state index contributed by atoms with van der Waals surface area (Å²) < 4.78 is 12.2. The highest BCUT2D eigenvalue weighted by atomic mass is 16.6. The highest BCUT2D eigenvalue weighted by molar-refractivity contribution is 5.92. The number of carbonyl (C=O) groups excluding carboxylic acids is 2. The molecule has 180 valence electrons. The molecule has 3 amide bonds. The number of nitrogens with one attached hydrogen (secondary N) is 1. The minimum absolute atomic E-state index is 0.0745. The summed E-state index contributed by atoms with van der Waals surface area (Å²) in [6, 6.07) is 8.88. The first kappa shape index (κ1) is 25.8. The van der Waals surface area contributed by atoms with E-state index in [4.69, 9.17) is 9.47 Å². The minimum Gasteiger partial charge on any atom is -0.385 e. The van der Waals surface area contributed by atoms with E-state index < -0.39 is 11.0 Å². The number of amides is 3. The SMILES string of the molecule is COCCCN(CC(=O)N(CCOC)Cc1cccn1C)C(=O)Nc1ccc([N+](=O)[O-])cc1. The molecule has 2 rings (SSSR count). The summed E-state index contributed by atoms with van der Waals surface area (Å²) >= 11 is 0. The van der Waals surface area contributed by atoms with Crippen LogP contribution in [0.4, 0.5) is 16.2 Å². The molecule has 11 nitrogen and oxygen atoms in total. The third-order valence-electron chi connectivity index (χ3n) is 5.04. The summed E-state index contributed by atoms with van der Waals surface area (Å²) in [6.07, 6.45) is 2.45. The first-order valence-electron chi connectivity index (χ1n) is 10.5. The smallest absolute Gasteiger partial charge is 0.322 e. The number of aromatic nitrogens is 1. The lowest BCUT2D eigenvalue weighted by atomic mass is 10.3. The lowest BCUT2D eigenvalue weighted by Crippen LogP contribution is -2.45. The fourth-order valence-electron chi connectivity index (χ4n) is 3.13. The van der Waals surface area contributed by atoms with Gasteiger partial charge in [-0.25, -0.2) is 4.79 Å². The second-order valence-electron chi connectivity index (χ2n) is 7.42. The molecule has 33 heavy (non-hydrogen) atoms. The van der Waals surface area contributed by atoms with Crippen molar-refractivity contribution in [2.24, 2.45) is 7.05 Å². The van der Waals surface area contributed by atoms with E-state index in [9.17, 15) is 19.7 Å². The molecule has 0 atom stereocenters. The Kier molecular flexibility index (Phi) is 10.3. The number of methoxy groups -OCH3 is 2. The molecule has 1 aromatic heterocycles. The van der Waals surface area contributed by atoms with Crippen LogP contribution in [0, 0.1) is 10.1 Å². The Morgan fingerprint density at radius 2 is 1.76 bits per heavy atom. The first-order valence-corrected chi connectivity index (χ1v) is 10.5. The number of nitro benzene ring substituents is 1. The van der Waals surface area contributed by atoms with Crippen LogP contribution in [0.5, 0.6) is 0 Å². The zero-order chi connectivity index (χ0) is 24.2. The van der Waals surface area contributed by atoms with Crippen LogP contribution >= 0.6 is 0 Å². The lowest BCUT2D eigenvalue weighted by molar-refractivity contribution is -0.384. The standard InChI is InChI=1S/C22H31N5O6/c1-24-11-4-6-20(24)16-25(13-15-33-3)21(28)17-26(12-5-14-32-2)22(29)23-18-7-9-19(10-8-18)27(30)31/h4,6-11H,5,12-17H2,1-3H3,(H,23,29). The van der Waals surface area contributed by atoms with E-state index in [-0.39, 0.29) is 18.1 Å². The summed E-state index contributed by atoms with van der Waals surface area (Å²) in [5.74, 6) is -0.218. The predicted octanol–water partition coefficient (Wildman–Crippen LogP) is 2.48. The Morgan fingerprint density at radius 1 is 1.06 bits per heavy atom. The van der Waals surface area contributed by atoms with Gasteiger partial charge in [0.05, 0.1) is 18.1 Å². The summed E-state index contributed by atoms with van der Waals surface area (Å²) in [5.41, 5.74) is 1.28. The molecule has 0 saturated heterocycles. The van der Waals surface area contributed by atoms with Gasteiger partial charge in [-0.3, -0.25) is 14.9 Å². The molecule has 0 spiro atoms. The van der Waals surface area contributed by atoms with Crippen molar-refractivity contribution in [1.29, 1.82) is 0 Å². The normalized spacial score (nSPS) is 10.6. The number of urea groups is 1. The van der Waals surface area contributed by atoms with Gasteiger partial charge in [-0.15, -0.1) is 0 Å². The monoisotopic (exact) mass is 461 g/mol. The van der Waals surface area contributed by atoms with Crippen molar-refractivity contribution in [3.05, 3.63) is 58.4 Å². The van der Waals surface area contributed by atoms with Gasteiger partial charge >= 0.3 is 6.03 Å². The molecule has 1 heterocycles. The van der Waals surface area contributed by atoms with Gasteiger partial charge in [0, 0.05) is 70.7 Å². The number of ether oxygens (including phenoxy) is 2. The van der Waals surface area contributed by atoms with Gasteiger partial charge in [0.1, 0.15) is 6.54 Å². The third kappa shape index (κ3) is 8.20. The molecule has 0 radical (unpaired) electrons. The van der Waals surface area contributed by atoms with Gasteiger partial charge in [-0.1, -0.05) is 0 Å². The number of hydrogen-bond donors (Lipinski definition) is 1. The topological polar surface area (TPSA) is 119 Å². The zero-order valence-corrected chi connectivity index (χ0v) is 19.2. The maximum atomic E-state index is 13.1. The number of hydrogen-bond acceptors (Lipinski definition) is 6. The van der Waals surface area contributed by atoms with Crippen molar-refractivity contribution in [2.75, 3.05) is 52.4 Å². The minimum atomic E-state index is -0.511. The van der Waals surface area contributed by atoms with E-state index in [1.807, 2.05) is 29.9 Å². The number of non-ortho nitro benzene ring substituents is 1. The van der Waals surface area contributed by atoms with E-state index in [0.717, 1.165) is 5.69 Å². The summed E-state index contributed by atoms with van der Waals surface area (Å²) in [7, 11) is 5.04. The molecule has 0 aliphatic heterocycles. The maximum absolute atomic E-state index is 13.1. The van der Waals surface area contributed by atoms with Gasteiger partial charge in [-0.05, 0) is 30.7 Å². The van der Waals surface area contributed by atoms with Crippen LogP contribution in [0.2, 0.25) is 0 Å². The molecule has 0 bridgehead atoms. The molecule has 0 saturated carbocycles. The van der Waals surface area contributed by atoms with Crippen LogP contribution < -0.4 is 5.32 Å². The van der Waals surface area contributed by atoms with Crippen LogP contribution in [0.3, 0.4) is 0 Å². The zero-order valence-electron chi connectivity index (χ0n) is 19.2. The summed E-state index contributed by atoms with van der Waals surface area (Å²) in [4.78, 5) is 39.4. The van der Waals surface area contributed by atoms with Gasteiger partial charge in [0.25, 0.3) is 5.69 Å². The van der Waals surface area contributed by atoms with Crippen molar-refractivity contribution < 1.29 is 24.0 Å². The van der Waals surface area contributed by atoms with Crippen molar-refractivity contribution in [3.8, 4) is 0 Å². The van der Waals surface area contributed by atoms with E-state index in [0.29, 0.717) is 45.0 Å². The molecule has 0 aliphatic carbocycles. The largest absolute Gasteiger partial charge is 0.385 e. The van der Waals surface area contributed by atoms with Gasteiger partial charge in [-0.2, -0.15) is 0 Å². The lowest BCUT2D eigenvalue weighted by Gasteiger charge is -2.28. The van der Waals surface area contributed by atoms with Crippen molar-refractivity contribution in [2.45, 2.75) is 13.0 Å². The van der Waals surface area contributed by atoms with Gasteiger partial charge in [0.2, 0.25) is 5.91 Å². The molecule has 0 aliphatic rings. The number of rotatable bonds is 13. The number of nitrogens with zero attached hydrogens (tertiary/aromatic N) is 4. The van der Waals surface area contributed by atoms with Crippen LogP contribution in [0.1, 0.15) is 12.1 Å². The summed E-state index contributed by atoms with van der Waals surface area (Å²) in [5, 5.41) is 13.5. The molecule has 1 N–H and O–H groups in total. The van der Waals surface area contributed by atoms with Crippen molar-refractivity contribution >= 4 is 23.3 Å². The predicted molar refractivity (Wildman–Crippen MR) is 123 cm³/mol. The molecular weight excluding hydrogens is 430 g/mol. The number of nitro groups is 1. The van der Waals surface area contributed by atoms with E-state index in [1.54, 1.807) is 19.1 Å². The maximum Gasteiger partial charge on any atom is 0.322 e. The average Bonchev–Trinajstić information content (AvgIpc) is 3.20. The number of benzene rings is 1. The van der Waals surface area contributed by atoms with E-state index in [1.165, 1.54) is 29.2 Å². The second-order valence-corrected chi connectivity index (χ2v) is 7.42. The molecular formula is C22H31N5O6. The van der Waals surface area contributed by atoms with Crippen molar-refractivity contribution in [1.82, 2.24) is 14.4 Å². The quantitative estimate of drug-likeness (QED) is 0.278. The molecule has 2 aromatic rings. The molecule has 0 unspecified atom stereocenters. The molecule has 0 fully saturated rings. The Hall–Kier alpha value is -3.44. The third-order valence-corrected chi connectivity index (χ3v) is 5.04. The Bertz CT molecular complexity index is 914. The highest BCUT2D eigenvalue weighted by Gasteiger charge is 2.22. The second kappa shape index (κ2) is 13.2. The molecule has 1 aromatic carbocycles. The fraction of sp³-hybridized carbons (Fsp3) is 0.455. The number of carbonyl (C=O) groups is 2. The van der Waals surface area contributed by atoms with Crippen molar-refractivity contribution in [3.63, 3.8) is 0 Å². The Balaban J connectivity index is 2.10. The Morgan fingerprint density at radius 3 is 2.33 bits per heavy atom. The van der Waals surface area contributed by atoms with Crippen LogP contribution in [-0.4, -0.2) is 78.3 Å². The van der Waals surface area contributed by atoms with E-state index in [2.05, 4.69) is 5.32 Å². The van der Waals surface area contributed by atoms with Crippen LogP contribution in [0.15, 0.2) is 42.6 Å². The number of anilines is 1. The Labute approximate surface area is 193 Å². The van der Waals surface area contributed by atoms with Gasteiger partial charge in [0.15, 0.2) is 0 Å². The van der Waals surface area contributed by atoms with Gasteiger partial charge < -0.3 is 29.2 Å². The van der Waals surface area contributed by atoms with Crippen LogP contribution in [-0.2, 0) is 27.9 Å².